The molecule has 1 saturated carbocycles. The maximum Gasteiger partial charge on any atom is 0.257 e. The maximum absolute atomic E-state index is 14.6. The number of nitrogens with zero attached hydrogens (tertiary/aromatic N) is 2. The first kappa shape index (κ1) is 17.0. The highest BCUT2D eigenvalue weighted by Crippen LogP contribution is 2.52. The molecule has 0 aromatic rings. The summed E-state index contributed by atoms with van der Waals surface area (Å²) in [4.78, 5) is 16.9. The van der Waals surface area contributed by atoms with E-state index in [1.165, 1.54) is 0 Å². The zero-order chi connectivity index (χ0) is 18.6. The summed E-state index contributed by atoms with van der Waals surface area (Å²) in [5, 5.41) is 13.3. The monoisotopic (exact) mass is 372 g/mol. The number of aliphatic hydroxyl groups is 1. The second kappa shape index (κ2) is 5.94. The number of aliphatic hydroxyl groups excluding tert-OH is 1. The molecular weight excluding hydrogens is 349 g/mol. The van der Waals surface area contributed by atoms with Crippen molar-refractivity contribution in [2.45, 2.75) is 61.5 Å². The predicted molar refractivity (Wildman–Crippen MR) is 97.8 cm³/mol. The number of rotatable bonds is 2. The molecular formula is C20H23FN3O3+. The van der Waals surface area contributed by atoms with Gasteiger partial charge in [0.05, 0.1) is 24.7 Å². The van der Waals surface area contributed by atoms with Gasteiger partial charge in [-0.25, -0.2) is 0 Å². The standard InChI is InChI=1S/C20H23FN3O3/c21-17-11-24(26)10-16-15(17)6-8-19-7-2-5-18(20(16,19)23-12-22-19)27-14-4-1-3-13(25)9-14/h2,6-8,11-14,18,25H,1,3-5,9-10H2,(H,22,23)/q+1/t13-,14-,18?,19?,20?/m1/s1. The van der Waals surface area contributed by atoms with Crippen molar-refractivity contribution < 1.29 is 19.0 Å². The normalized spacial score (nSPS) is 42.4. The van der Waals surface area contributed by atoms with Crippen LogP contribution in [0, 0.1) is 4.91 Å². The van der Waals surface area contributed by atoms with Crippen LogP contribution in [0.25, 0.3) is 0 Å². The maximum atomic E-state index is 14.6. The van der Waals surface area contributed by atoms with E-state index < -0.39 is 16.9 Å². The Morgan fingerprint density at radius 3 is 3.11 bits per heavy atom. The molecule has 3 aliphatic carbocycles. The lowest BCUT2D eigenvalue weighted by atomic mass is 9.61. The van der Waals surface area contributed by atoms with Crippen LogP contribution >= 0.6 is 0 Å². The molecule has 7 heteroatoms. The van der Waals surface area contributed by atoms with Gasteiger partial charge in [-0.05, 0) is 32.1 Å². The Morgan fingerprint density at radius 2 is 2.26 bits per heavy atom. The van der Waals surface area contributed by atoms with Gasteiger partial charge in [0.2, 0.25) is 6.54 Å². The molecule has 0 spiro atoms. The number of hydrogen-bond acceptors (Lipinski definition) is 5. The minimum absolute atomic E-state index is 0.0598. The summed E-state index contributed by atoms with van der Waals surface area (Å²) in [5.74, 6) is -0.533. The van der Waals surface area contributed by atoms with Crippen LogP contribution in [-0.4, -0.2) is 52.1 Å². The van der Waals surface area contributed by atoms with Crippen LogP contribution in [0.15, 0.2) is 52.5 Å². The quantitative estimate of drug-likeness (QED) is 0.576. The van der Waals surface area contributed by atoms with E-state index in [1.807, 2.05) is 12.2 Å². The Kier molecular flexibility index (Phi) is 3.74. The Morgan fingerprint density at radius 1 is 1.37 bits per heavy atom. The molecule has 142 valence electrons. The molecule has 1 fully saturated rings. The molecule has 0 saturated heterocycles. The molecule has 0 aromatic carbocycles. The second-order valence-electron chi connectivity index (χ2n) is 8.02. The molecule has 0 radical (unpaired) electrons. The highest BCUT2D eigenvalue weighted by Gasteiger charge is 2.64. The van der Waals surface area contributed by atoms with E-state index in [-0.39, 0.29) is 24.9 Å². The van der Waals surface area contributed by atoms with Gasteiger partial charge in [-0.3, -0.25) is 4.99 Å². The molecule has 0 aromatic heterocycles. The summed E-state index contributed by atoms with van der Waals surface area (Å²) in [7, 11) is 0. The molecule has 5 rings (SSSR count). The lowest BCUT2D eigenvalue weighted by molar-refractivity contribution is -0.475. The first-order valence-electron chi connectivity index (χ1n) is 9.61. The number of aliphatic imine (C=N–C) groups is 1. The number of ether oxygens (including phenoxy) is 1. The van der Waals surface area contributed by atoms with Crippen LogP contribution < -0.4 is 5.32 Å². The Bertz CT molecular complexity index is 845. The minimum atomic E-state index is -0.886. The number of hydrogen-bond donors (Lipinski definition) is 2. The van der Waals surface area contributed by atoms with Crippen molar-refractivity contribution in [1.29, 1.82) is 0 Å². The van der Waals surface area contributed by atoms with E-state index in [0.717, 1.165) is 25.5 Å². The fraction of sp³-hybridized carbons (Fsp3) is 0.550. The molecule has 6 nitrogen and oxygen atoms in total. The Balaban J connectivity index is 1.59. The first-order chi connectivity index (χ1) is 13.0. The fourth-order valence-corrected chi connectivity index (χ4v) is 5.26. The molecule has 27 heavy (non-hydrogen) atoms. The summed E-state index contributed by atoms with van der Waals surface area (Å²) < 4.78 is 21.7. The molecule has 2 N–H and O–H groups in total. The highest BCUT2D eigenvalue weighted by atomic mass is 19.1. The molecule has 0 amide bonds. The van der Waals surface area contributed by atoms with Gasteiger partial charge in [0.1, 0.15) is 11.1 Å². The van der Waals surface area contributed by atoms with Crippen LogP contribution in [-0.2, 0) is 4.74 Å². The summed E-state index contributed by atoms with van der Waals surface area (Å²) in [5.41, 5.74) is -0.443. The van der Waals surface area contributed by atoms with Crippen molar-refractivity contribution in [1.82, 2.24) is 5.32 Å². The summed E-state index contributed by atoms with van der Waals surface area (Å²) in [6.07, 6.45) is 13.5. The first-order valence-corrected chi connectivity index (χ1v) is 9.61. The zero-order valence-corrected chi connectivity index (χ0v) is 15.0. The summed E-state index contributed by atoms with van der Waals surface area (Å²) in [6.45, 7) is 0.0643. The topological polar surface area (TPSA) is 73.9 Å². The number of halogens is 1. The number of allylic oxidation sites excluding steroid dienone is 3. The number of nitroso groups, excluding NO2 is 1. The fourth-order valence-electron chi connectivity index (χ4n) is 5.26. The average Bonchev–Trinajstić information content (AvgIpc) is 3.03. The highest BCUT2D eigenvalue weighted by molar-refractivity contribution is 5.72. The van der Waals surface area contributed by atoms with Crippen LogP contribution in [0.1, 0.15) is 32.1 Å². The summed E-state index contributed by atoms with van der Waals surface area (Å²) in [6, 6.07) is 0. The van der Waals surface area contributed by atoms with E-state index in [4.69, 9.17) is 9.73 Å². The number of nitrogens with one attached hydrogen (secondary N) is 1. The van der Waals surface area contributed by atoms with Crippen molar-refractivity contribution in [3.05, 3.63) is 52.4 Å². The van der Waals surface area contributed by atoms with E-state index >= 15 is 0 Å². The van der Waals surface area contributed by atoms with Gasteiger partial charge in [-0.15, -0.1) is 0 Å². The minimum Gasteiger partial charge on any atom is -0.393 e. The van der Waals surface area contributed by atoms with Crippen molar-refractivity contribution in [2.75, 3.05) is 6.54 Å². The Hall–Kier alpha value is -2.12. The lowest BCUT2D eigenvalue weighted by Gasteiger charge is -2.51. The SMILES string of the molecule is O=[N+]1C=C(F)C2=C(C1)C13N=CNC1(C=CCC3O[C@@H]1CCC[C@@H](O)C1)C=C2. The van der Waals surface area contributed by atoms with Gasteiger partial charge in [-0.1, -0.05) is 24.3 Å². The predicted octanol–water partition coefficient (Wildman–Crippen LogP) is 2.21. The Labute approximate surface area is 156 Å². The van der Waals surface area contributed by atoms with Gasteiger partial charge >= 0.3 is 0 Å². The molecule has 3 unspecified atom stereocenters. The third-order valence-electron chi connectivity index (χ3n) is 6.48. The van der Waals surface area contributed by atoms with Crippen LogP contribution in [0.3, 0.4) is 0 Å². The van der Waals surface area contributed by atoms with Crippen molar-refractivity contribution in [2.24, 2.45) is 4.99 Å². The molecule has 5 aliphatic rings. The van der Waals surface area contributed by atoms with Crippen LogP contribution in [0.5, 0.6) is 0 Å². The van der Waals surface area contributed by atoms with Crippen molar-refractivity contribution in [3.8, 4) is 0 Å². The zero-order valence-electron chi connectivity index (χ0n) is 15.0. The second-order valence-corrected chi connectivity index (χ2v) is 8.02. The average molecular weight is 372 g/mol. The van der Waals surface area contributed by atoms with Gasteiger partial charge < -0.3 is 15.2 Å². The molecule has 0 bridgehead atoms. The van der Waals surface area contributed by atoms with E-state index in [9.17, 15) is 14.4 Å². The van der Waals surface area contributed by atoms with Crippen LogP contribution in [0.2, 0.25) is 0 Å². The van der Waals surface area contributed by atoms with Gasteiger partial charge in [0, 0.05) is 20.8 Å². The smallest absolute Gasteiger partial charge is 0.257 e. The van der Waals surface area contributed by atoms with Crippen molar-refractivity contribution >= 4 is 6.34 Å². The third-order valence-corrected chi connectivity index (χ3v) is 6.48. The third kappa shape index (κ3) is 2.34. The van der Waals surface area contributed by atoms with Crippen molar-refractivity contribution in [3.63, 3.8) is 0 Å². The summed E-state index contributed by atoms with van der Waals surface area (Å²) >= 11 is 0. The van der Waals surface area contributed by atoms with Gasteiger partial charge in [0.15, 0.2) is 5.83 Å². The van der Waals surface area contributed by atoms with E-state index in [2.05, 4.69) is 11.4 Å². The van der Waals surface area contributed by atoms with Gasteiger partial charge in [-0.2, -0.15) is 4.39 Å². The van der Waals surface area contributed by atoms with E-state index in [1.54, 1.807) is 12.4 Å². The lowest BCUT2D eigenvalue weighted by Crippen LogP contribution is -2.66. The van der Waals surface area contributed by atoms with E-state index in [0.29, 0.717) is 28.7 Å². The van der Waals surface area contributed by atoms with Crippen LogP contribution in [0.4, 0.5) is 4.39 Å². The molecule has 2 heterocycles. The molecule has 5 atom stereocenters. The largest absolute Gasteiger partial charge is 0.393 e. The molecule has 2 aliphatic heterocycles. The van der Waals surface area contributed by atoms with Gasteiger partial charge in [0.25, 0.3) is 6.20 Å².